The number of ether oxygens (including phenoxy) is 2. The van der Waals surface area contributed by atoms with Crippen LogP contribution < -0.4 is 9.47 Å². The van der Waals surface area contributed by atoms with Crippen molar-refractivity contribution in [1.82, 2.24) is 0 Å². The molecule has 0 radical (unpaired) electrons. The maximum Gasteiger partial charge on any atom is 0.140 e. The monoisotopic (exact) mass is 488 g/mol. The third-order valence-corrected chi connectivity index (χ3v) is 7.15. The van der Waals surface area contributed by atoms with Crippen LogP contribution in [0, 0.1) is 0 Å². The summed E-state index contributed by atoms with van der Waals surface area (Å²) in [6.45, 7) is 0.550. The fourth-order valence-corrected chi connectivity index (χ4v) is 5.27. The van der Waals surface area contributed by atoms with Crippen molar-refractivity contribution >= 4 is 27.7 Å². The van der Waals surface area contributed by atoms with Crippen molar-refractivity contribution in [2.24, 2.45) is 0 Å². The summed E-state index contributed by atoms with van der Waals surface area (Å²) in [6.07, 6.45) is -0.0657. The number of hydrogen-bond acceptors (Lipinski definition) is 3. The molecule has 1 aliphatic heterocycles. The lowest BCUT2D eigenvalue weighted by Gasteiger charge is -2.34. The highest BCUT2D eigenvalue weighted by Gasteiger charge is 2.33. The van der Waals surface area contributed by atoms with Gasteiger partial charge in [-0.05, 0) is 47.0 Å². The Morgan fingerprint density at radius 2 is 1.48 bits per heavy atom. The maximum absolute atomic E-state index is 6.55. The zero-order chi connectivity index (χ0) is 21.0. The molecule has 0 N–H and O–H groups in total. The average Bonchev–Trinajstić information content (AvgIpc) is 2.83. The van der Waals surface area contributed by atoms with Gasteiger partial charge in [0.05, 0.1) is 10.1 Å². The summed E-state index contributed by atoms with van der Waals surface area (Å²) in [5.74, 6) is 1.75. The number of rotatable bonds is 5. The lowest BCUT2D eigenvalue weighted by Crippen LogP contribution is -2.19. The van der Waals surface area contributed by atoms with Gasteiger partial charge < -0.3 is 9.47 Å². The van der Waals surface area contributed by atoms with Crippen molar-refractivity contribution in [1.29, 1.82) is 0 Å². The van der Waals surface area contributed by atoms with Crippen molar-refractivity contribution < 1.29 is 9.47 Å². The summed E-state index contributed by atoms with van der Waals surface area (Å²) in [6, 6.07) is 35.3. The molecule has 0 unspecified atom stereocenters. The number of hydrogen-bond donors (Lipinski definition) is 0. The van der Waals surface area contributed by atoms with Crippen LogP contribution in [0.25, 0.3) is 0 Å². The van der Waals surface area contributed by atoms with Gasteiger partial charge in [-0.3, -0.25) is 0 Å². The quantitative estimate of drug-likeness (QED) is 0.283. The van der Waals surface area contributed by atoms with Crippen LogP contribution >= 0.6 is 27.7 Å². The van der Waals surface area contributed by atoms with Crippen LogP contribution in [0.3, 0.4) is 0 Å². The molecule has 0 saturated heterocycles. The standard InChI is InChI=1S/C27H21BrO2S/c28-22-13-11-20(12-14-22)26-27(21-9-5-2-6-10-21)31-25-17-23(15-16-24(25)30-26)29-18-19-7-3-1-4-8-19/h1-17,26-27H,18H2/t26-,27+/m0/s1. The molecule has 1 heterocycles. The number of fused-ring (bicyclic) bond motifs is 1. The van der Waals surface area contributed by atoms with Crippen LogP contribution in [0.5, 0.6) is 11.5 Å². The molecule has 5 rings (SSSR count). The first-order valence-corrected chi connectivity index (χ1v) is 11.9. The topological polar surface area (TPSA) is 18.5 Å². The Morgan fingerprint density at radius 3 is 2.23 bits per heavy atom. The third-order valence-electron chi connectivity index (χ3n) is 5.27. The minimum Gasteiger partial charge on any atom is -0.489 e. The van der Waals surface area contributed by atoms with E-state index < -0.39 is 0 Å². The number of benzene rings is 4. The van der Waals surface area contributed by atoms with Crippen molar-refractivity contribution in [3.8, 4) is 11.5 Å². The van der Waals surface area contributed by atoms with E-state index in [1.54, 1.807) is 0 Å². The van der Waals surface area contributed by atoms with Crippen molar-refractivity contribution in [3.63, 3.8) is 0 Å². The molecule has 0 saturated carbocycles. The smallest absolute Gasteiger partial charge is 0.140 e. The number of thioether (sulfide) groups is 1. The van der Waals surface area contributed by atoms with Gasteiger partial charge in [-0.2, -0.15) is 0 Å². The van der Waals surface area contributed by atoms with E-state index in [0.717, 1.165) is 26.4 Å². The molecule has 4 aromatic rings. The lowest BCUT2D eigenvalue weighted by molar-refractivity contribution is 0.190. The first-order valence-electron chi connectivity index (χ1n) is 10.2. The molecule has 154 valence electrons. The molecule has 0 aliphatic carbocycles. The Morgan fingerprint density at radius 1 is 0.774 bits per heavy atom. The van der Waals surface area contributed by atoms with Gasteiger partial charge in [-0.15, -0.1) is 11.8 Å². The van der Waals surface area contributed by atoms with Crippen molar-refractivity contribution in [3.05, 3.63) is 124 Å². The molecule has 4 heteroatoms. The zero-order valence-electron chi connectivity index (χ0n) is 16.8. The molecule has 1 aliphatic rings. The van der Waals surface area contributed by atoms with Gasteiger partial charge in [0.2, 0.25) is 0 Å². The minimum absolute atomic E-state index is 0.0657. The molecule has 31 heavy (non-hydrogen) atoms. The number of halogens is 1. The van der Waals surface area contributed by atoms with Gasteiger partial charge in [0.25, 0.3) is 0 Å². The van der Waals surface area contributed by atoms with Gasteiger partial charge in [-0.25, -0.2) is 0 Å². The van der Waals surface area contributed by atoms with E-state index in [2.05, 4.69) is 88.7 Å². The highest BCUT2D eigenvalue weighted by Crippen LogP contribution is 2.53. The average molecular weight is 489 g/mol. The Hall–Kier alpha value is -2.69. The van der Waals surface area contributed by atoms with Crippen LogP contribution in [0.4, 0.5) is 0 Å². The van der Waals surface area contributed by atoms with E-state index in [0.29, 0.717) is 6.61 Å². The molecule has 0 bridgehead atoms. The molecule has 2 atom stereocenters. The predicted octanol–water partition coefficient (Wildman–Crippen LogP) is 8.00. The fraction of sp³-hybridized carbons (Fsp3) is 0.111. The van der Waals surface area contributed by atoms with Gasteiger partial charge in [0.1, 0.15) is 24.2 Å². The Bertz CT molecular complexity index is 1150. The van der Waals surface area contributed by atoms with Gasteiger partial charge in [0.15, 0.2) is 0 Å². The largest absolute Gasteiger partial charge is 0.489 e. The lowest BCUT2D eigenvalue weighted by atomic mass is 10.0. The van der Waals surface area contributed by atoms with Crippen molar-refractivity contribution in [2.75, 3.05) is 0 Å². The van der Waals surface area contributed by atoms with Crippen LogP contribution in [-0.4, -0.2) is 0 Å². The van der Waals surface area contributed by atoms with Crippen molar-refractivity contribution in [2.45, 2.75) is 22.9 Å². The molecule has 0 amide bonds. The predicted molar refractivity (Wildman–Crippen MR) is 130 cm³/mol. The Kier molecular flexibility index (Phi) is 6.01. The summed E-state index contributed by atoms with van der Waals surface area (Å²) < 4.78 is 13.7. The van der Waals surface area contributed by atoms with E-state index >= 15 is 0 Å². The van der Waals surface area contributed by atoms with E-state index in [9.17, 15) is 0 Å². The van der Waals surface area contributed by atoms with Crippen LogP contribution in [0.15, 0.2) is 112 Å². The normalized spacial score (nSPS) is 17.5. The molecular formula is C27H21BrO2S. The zero-order valence-corrected chi connectivity index (χ0v) is 19.2. The molecule has 0 spiro atoms. The highest BCUT2D eigenvalue weighted by atomic mass is 79.9. The molecule has 0 aromatic heterocycles. The van der Waals surface area contributed by atoms with Gasteiger partial charge in [-0.1, -0.05) is 88.7 Å². The molecule has 4 aromatic carbocycles. The summed E-state index contributed by atoms with van der Waals surface area (Å²) in [7, 11) is 0. The van der Waals surface area contributed by atoms with E-state index in [1.165, 1.54) is 11.1 Å². The van der Waals surface area contributed by atoms with Crippen LogP contribution in [-0.2, 0) is 6.61 Å². The third kappa shape index (κ3) is 4.65. The second-order valence-corrected chi connectivity index (χ2v) is 9.52. The second-order valence-electron chi connectivity index (χ2n) is 7.42. The Labute approximate surface area is 195 Å². The summed E-state index contributed by atoms with van der Waals surface area (Å²) in [5.41, 5.74) is 3.57. The first-order chi connectivity index (χ1) is 15.3. The van der Waals surface area contributed by atoms with Gasteiger partial charge >= 0.3 is 0 Å². The van der Waals surface area contributed by atoms with Gasteiger partial charge in [0, 0.05) is 4.47 Å². The summed E-state index contributed by atoms with van der Waals surface area (Å²) >= 11 is 5.37. The Balaban J connectivity index is 1.44. The second kappa shape index (κ2) is 9.21. The minimum atomic E-state index is -0.0657. The van der Waals surface area contributed by atoms with Crippen LogP contribution in [0.1, 0.15) is 28.0 Å². The summed E-state index contributed by atoms with van der Waals surface area (Å²) in [5, 5.41) is 0.152. The fourth-order valence-electron chi connectivity index (χ4n) is 3.69. The molecular weight excluding hydrogens is 468 g/mol. The first kappa shape index (κ1) is 20.2. The SMILES string of the molecule is Brc1ccc([C@@H]2Oc3ccc(OCc4ccccc4)cc3S[C@@H]2c2ccccc2)cc1. The summed E-state index contributed by atoms with van der Waals surface area (Å²) in [4.78, 5) is 1.10. The molecule has 0 fully saturated rings. The van der Waals surface area contributed by atoms with E-state index in [-0.39, 0.29) is 11.4 Å². The molecule has 2 nitrogen and oxygen atoms in total. The maximum atomic E-state index is 6.55. The van der Waals surface area contributed by atoms with E-state index in [1.807, 2.05) is 42.1 Å². The highest BCUT2D eigenvalue weighted by molar-refractivity contribution is 9.10. The van der Waals surface area contributed by atoms with Crippen LogP contribution in [0.2, 0.25) is 0 Å². The van der Waals surface area contributed by atoms with E-state index in [4.69, 9.17) is 9.47 Å².